The van der Waals surface area contributed by atoms with Crippen molar-refractivity contribution in [3.63, 3.8) is 0 Å². The molecule has 0 aliphatic rings. The summed E-state index contributed by atoms with van der Waals surface area (Å²) in [6.07, 6.45) is 0.618. The lowest BCUT2D eigenvalue weighted by molar-refractivity contribution is -0.136. The third kappa shape index (κ3) is 5.43. The van der Waals surface area contributed by atoms with Gasteiger partial charge in [-0.05, 0) is 35.1 Å². The molecule has 2 amide bonds. The van der Waals surface area contributed by atoms with Gasteiger partial charge in [0, 0.05) is 12.2 Å². The topological polar surface area (TPSA) is 78.4 Å². The van der Waals surface area contributed by atoms with Crippen LogP contribution in [-0.4, -0.2) is 23.5 Å². The molecule has 0 bridgehead atoms. The van der Waals surface area contributed by atoms with Crippen molar-refractivity contribution in [1.29, 1.82) is 0 Å². The van der Waals surface area contributed by atoms with Crippen LogP contribution < -0.4 is 10.6 Å². The van der Waals surface area contributed by atoms with Gasteiger partial charge < -0.3 is 15.7 Å². The van der Waals surface area contributed by atoms with Crippen LogP contribution in [0, 0.1) is 0 Å². The number of nitrogens with one attached hydrogen (secondary N) is 2. The van der Waals surface area contributed by atoms with Crippen molar-refractivity contribution in [2.24, 2.45) is 0 Å². The Morgan fingerprint density at radius 2 is 1.60 bits per heavy atom. The standard InChI is InChI=1S/C20H24N2O3/c1-14(2)17-5-3-4-6-18(17)22-20(25)19(24)21-12-11-15-7-9-16(13-23)10-8-15/h3-10,14,23H,11-13H2,1-2H3,(H,21,24)(H,22,25). The van der Waals surface area contributed by atoms with E-state index in [0.717, 1.165) is 16.7 Å². The van der Waals surface area contributed by atoms with E-state index in [1.54, 1.807) is 6.07 Å². The molecule has 0 aliphatic carbocycles. The van der Waals surface area contributed by atoms with Gasteiger partial charge in [-0.3, -0.25) is 9.59 Å². The zero-order valence-electron chi connectivity index (χ0n) is 14.6. The van der Waals surface area contributed by atoms with Gasteiger partial charge in [0.2, 0.25) is 0 Å². The minimum atomic E-state index is -0.663. The molecule has 0 radical (unpaired) electrons. The van der Waals surface area contributed by atoms with E-state index >= 15 is 0 Å². The maximum Gasteiger partial charge on any atom is 0.313 e. The van der Waals surface area contributed by atoms with Gasteiger partial charge in [-0.25, -0.2) is 0 Å². The Hall–Kier alpha value is -2.66. The molecule has 0 aliphatic heterocycles. The Kier molecular flexibility index (Phi) is 6.71. The minimum absolute atomic E-state index is 0.00897. The van der Waals surface area contributed by atoms with Crippen molar-refractivity contribution in [3.8, 4) is 0 Å². The van der Waals surface area contributed by atoms with Gasteiger partial charge in [0.1, 0.15) is 0 Å². The van der Waals surface area contributed by atoms with Crippen molar-refractivity contribution < 1.29 is 14.7 Å². The average Bonchev–Trinajstić information content (AvgIpc) is 2.62. The number of benzene rings is 2. The van der Waals surface area contributed by atoms with E-state index in [0.29, 0.717) is 18.7 Å². The first kappa shape index (κ1) is 18.7. The number of aliphatic hydroxyl groups is 1. The maximum atomic E-state index is 12.1. The number of hydrogen-bond acceptors (Lipinski definition) is 3. The summed E-state index contributed by atoms with van der Waals surface area (Å²) >= 11 is 0. The third-order valence-electron chi connectivity index (χ3n) is 3.94. The molecule has 2 aromatic carbocycles. The number of amides is 2. The van der Waals surface area contributed by atoms with Crippen LogP contribution in [0.4, 0.5) is 5.69 Å². The normalized spacial score (nSPS) is 10.6. The number of anilines is 1. The first-order valence-corrected chi connectivity index (χ1v) is 8.38. The summed E-state index contributed by atoms with van der Waals surface area (Å²) in [4.78, 5) is 24.0. The van der Waals surface area contributed by atoms with Crippen LogP contribution in [0.15, 0.2) is 48.5 Å². The minimum Gasteiger partial charge on any atom is -0.392 e. The molecule has 0 aromatic heterocycles. The zero-order valence-corrected chi connectivity index (χ0v) is 14.6. The average molecular weight is 340 g/mol. The molecule has 25 heavy (non-hydrogen) atoms. The highest BCUT2D eigenvalue weighted by Crippen LogP contribution is 2.23. The summed E-state index contributed by atoms with van der Waals surface area (Å²) < 4.78 is 0. The highest BCUT2D eigenvalue weighted by molar-refractivity contribution is 6.39. The third-order valence-corrected chi connectivity index (χ3v) is 3.94. The smallest absolute Gasteiger partial charge is 0.313 e. The summed E-state index contributed by atoms with van der Waals surface area (Å²) in [5.74, 6) is -1.06. The lowest BCUT2D eigenvalue weighted by atomic mass is 10.0. The molecule has 2 rings (SSSR count). The van der Waals surface area contributed by atoms with E-state index < -0.39 is 11.8 Å². The van der Waals surface area contributed by atoms with Crippen LogP contribution in [0.3, 0.4) is 0 Å². The number of carbonyl (C=O) groups is 2. The molecule has 5 heteroatoms. The van der Waals surface area contributed by atoms with Crippen molar-refractivity contribution >= 4 is 17.5 Å². The fraction of sp³-hybridized carbons (Fsp3) is 0.300. The molecule has 2 aromatic rings. The fourth-order valence-electron chi connectivity index (χ4n) is 2.51. The van der Waals surface area contributed by atoms with Crippen LogP contribution in [0.25, 0.3) is 0 Å². The molecular weight excluding hydrogens is 316 g/mol. The second-order valence-electron chi connectivity index (χ2n) is 6.18. The monoisotopic (exact) mass is 340 g/mol. The van der Waals surface area contributed by atoms with Gasteiger partial charge in [0.15, 0.2) is 0 Å². The molecule has 0 spiro atoms. The van der Waals surface area contributed by atoms with E-state index in [9.17, 15) is 9.59 Å². The molecule has 0 unspecified atom stereocenters. The van der Waals surface area contributed by atoms with Gasteiger partial charge in [-0.2, -0.15) is 0 Å². The van der Waals surface area contributed by atoms with Gasteiger partial charge in [-0.15, -0.1) is 0 Å². The highest BCUT2D eigenvalue weighted by atomic mass is 16.3. The molecule has 0 heterocycles. The maximum absolute atomic E-state index is 12.1. The largest absolute Gasteiger partial charge is 0.392 e. The number of aliphatic hydroxyl groups excluding tert-OH is 1. The lowest BCUT2D eigenvalue weighted by Crippen LogP contribution is -2.36. The molecule has 0 saturated heterocycles. The summed E-state index contributed by atoms with van der Waals surface area (Å²) in [5.41, 5.74) is 3.53. The summed E-state index contributed by atoms with van der Waals surface area (Å²) in [5, 5.41) is 14.3. The Bertz CT molecular complexity index is 724. The molecule has 132 valence electrons. The predicted octanol–water partition coefficient (Wildman–Crippen LogP) is 2.60. The van der Waals surface area contributed by atoms with Crippen molar-refractivity contribution in [2.75, 3.05) is 11.9 Å². The number of carbonyl (C=O) groups excluding carboxylic acids is 2. The molecule has 0 saturated carbocycles. The Balaban J connectivity index is 1.85. The van der Waals surface area contributed by atoms with Crippen molar-refractivity contribution in [2.45, 2.75) is 32.8 Å². The van der Waals surface area contributed by atoms with Crippen LogP contribution in [0.5, 0.6) is 0 Å². The summed E-state index contributed by atoms with van der Waals surface area (Å²) in [7, 11) is 0. The fourth-order valence-corrected chi connectivity index (χ4v) is 2.51. The quantitative estimate of drug-likeness (QED) is 0.707. The van der Waals surface area contributed by atoms with E-state index in [-0.39, 0.29) is 12.5 Å². The second-order valence-corrected chi connectivity index (χ2v) is 6.18. The van der Waals surface area contributed by atoms with E-state index in [2.05, 4.69) is 10.6 Å². The van der Waals surface area contributed by atoms with E-state index in [1.807, 2.05) is 56.3 Å². The van der Waals surface area contributed by atoms with Gasteiger partial charge in [-0.1, -0.05) is 56.3 Å². The first-order chi connectivity index (χ1) is 12.0. The number of hydrogen-bond donors (Lipinski definition) is 3. The van der Waals surface area contributed by atoms with Crippen LogP contribution in [0.2, 0.25) is 0 Å². The van der Waals surface area contributed by atoms with Gasteiger partial charge in [0.25, 0.3) is 0 Å². The zero-order chi connectivity index (χ0) is 18.2. The summed E-state index contributed by atoms with van der Waals surface area (Å²) in [6.45, 7) is 4.45. The molecule has 0 atom stereocenters. The SMILES string of the molecule is CC(C)c1ccccc1NC(=O)C(=O)NCCc1ccc(CO)cc1. The Morgan fingerprint density at radius 3 is 2.24 bits per heavy atom. The first-order valence-electron chi connectivity index (χ1n) is 8.38. The Morgan fingerprint density at radius 1 is 0.960 bits per heavy atom. The van der Waals surface area contributed by atoms with Crippen molar-refractivity contribution in [1.82, 2.24) is 5.32 Å². The molecule has 3 N–H and O–H groups in total. The van der Waals surface area contributed by atoms with Crippen LogP contribution in [0.1, 0.15) is 36.5 Å². The van der Waals surface area contributed by atoms with Crippen LogP contribution in [-0.2, 0) is 22.6 Å². The van der Waals surface area contributed by atoms with Gasteiger partial charge >= 0.3 is 11.8 Å². The molecular formula is C20H24N2O3. The summed E-state index contributed by atoms with van der Waals surface area (Å²) in [6, 6.07) is 15.0. The van der Waals surface area contributed by atoms with Crippen LogP contribution >= 0.6 is 0 Å². The lowest BCUT2D eigenvalue weighted by Gasteiger charge is -2.13. The van der Waals surface area contributed by atoms with E-state index in [4.69, 9.17) is 5.11 Å². The predicted molar refractivity (Wildman–Crippen MR) is 98.2 cm³/mol. The van der Waals surface area contributed by atoms with E-state index in [1.165, 1.54) is 0 Å². The number of rotatable bonds is 6. The molecule has 5 nitrogen and oxygen atoms in total. The van der Waals surface area contributed by atoms with Crippen molar-refractivity contribution in [3.05, 3.63) is 65.2 Å². The highest BCUT2D eigenvalue weighted by Gasteiger charge is 2.15. The number of para-hydroxylation sites is 1. The molecule has 0 fully saturated rings. The Labute approximate surface area is 148 Å². The van der Waals surface area contributed by atoms with Gasteiger partial charge in [0.05, 0.1) is 6.61 Å². The second kappa shape index (κ2) is 8.99.